The van der Waals surface area contributed by atoms with E-state index in [1.54, 1.807) is 35.4 Å². The Hall–Kier alpha value is -4.30. The minimum Gasteiger partial charge on any atom is -0.439 e. The number of alkyl halides is 2. The van der Waals surface area contributed by atoms with Gasteiger partial charge in [-0.2, -0.15) is 0 Å². The van der Waals surface area contributed by atoms with E-state index < -0.39 is 35.3 Å². The van der Waals surface area contributed by atoms with Gasteiger partial charge in [0, 0.05) is 67.0 Å². The Bertz CT molecular complexity index is 1660. The molecule has 2 heterocycles. The zero-order chi connectivity index (χ0) is 34.1. The Morgan fingerprint density at radius 1 is 1.09 bits per heavy atom. The molecule has 1 aromatic heterocycles. The first-order valence-electron chi connectivity index (χ1n) is 15.5. The normalized spacial score (nSPS) is 14.1. The Morgan fingerprint density at radius 3 is 2.38 bits per heavy atom. The molecule has 2 aromatic carbocycles. The first-order chi connectivity index (χ1) is 22.4. The molecule has 254 valence electrons. The van der Waals surface area contributed by atoms with Gasteiger partial charge in [-0.3, -0.25) is 14.4 Å². The lowest BCUT2D eigenvalue weighted by Crippen LogP contribution is -2.49. The Balaban J connectivity index is 1.35. The molecule has 1 aliphatic heterocycles. The standard InChI is InChI=1S/C33H42F2N6O5S/c1-4-5-12-41(33(43)38-29-17-28(32(36)42)24(18-34)16-25(29)19-35)27-10-13-40(14-11-27)21-23-6-9-31(37-20-23)46-30-8-7-26(15-22(30)2)39-47(3,44)45/h6-9,15-17,20,27,39H,4-5,10-14,18-19,21H2,1-3H3,(H2,36,42)(H,38,43). The van der Waals surface area contributed by atoms with Crippen molar-refractivity contribution in [3.8, 4) is 11.6 Å². The maximum absolute atomic E-state index is 13.8. The topological polar surface area (TPSA) is 147 Å². The van der Waals surface area contributed by atoms with Crippen molar-refractivity contribution in [2.24, 2.45) is 5.73 Å². The number of urea groups is 1. The lowest BCUT2D eigenvalue weighted by atomic mass is 10.0. The zero-order valence-electron chi connectivity index (χ0n) is 26.9. The van der Waals surface area contributed by atoms with E-state index in [4.69, 9.17) is 10.5 Å². The number of nitrogens with two attached hydrogens (primary N) is 1. The summed E-state index contributed by atoms with van der Waals surface area (Å²) in [5.74, 6) is 0.126. The van der Waals surface area contributed by atoms with Crippen LogP contribution in [-0.2, 0) is 29.9 Å². The van der Waals surface area contributed by atoms with Gasteiger partial charge in [0.2, 0.25) is 21.8 Å². The number of ether oxygens (including phenoxy) is 1. The first-order valence-corrected chi connectivity index (χ1v) is 17.4. The average molecular weight is 673 g/mol. The first kappa shape index (κ1) is 35.6. The van der Waals surface area contributed by atoms with Crippen molar-refractivity contribution in [1.82, 2.24) is 14.8 Å². The van der Waals surface area contributed by atoms with Gasteiger partial charge in [0.15, 0.2) is 0 Å². The van der Waals surface area contributed by atoms with E-state index in [0.29, 0.717) is 30.4 Å². The molecule has 4 N–H and O–H groups in total. The number of piperidine rings is 1. The second-order valence-electron chi connectivity index (χ2n) is 11.7. The monoisotopic (exact) mass is 672 g/mol. The minimum atomic E-state index is -3.38. The van der Waals surface area contributed by atoms with Crippen molar-refractivity contribution in [2.75, 3.05) is 35.9 Å². The van der Waals surface area contributed by atoms with Crippen LogP contribution in [0.1, 0.15) is 65.2 Å². The number of benzene rings is 2. The highest BCUT2D eigenvalue weighted by atomic mass is 32.2. The second kappa shape index (κ2) is 16.0. The fourth-order valence-corrected chi connectivity index (χ4v) is 6.15. The fraction of sp³-hybridized carbons (Fsp3) is 0.424. The number of primary amides is 1. The number of pyridine rings is 1. The summed E-state index contributed by atoms with van der Waals surface area (Å²) in [4.78, 5) is 33.9. The third-order valence-electron chi connectivity index (χ3n) is 8.03. The number of anilines is 2. The van der Waals surface area contributed by atoms with Crippen molar-refractivity contribution in [1.29, 1.82) is 0 Å². The molecule has 0 aliphatic carbocycles. The highest BCUT2D eigenvalue weighted by Gasteiger charge is 2.28. The number of aromatic nitrogens is 1. The third kappa shape index (κ3) is 9.85. The van der Waals surface area contributed by atoms with Crippen LogP contribution in [0.2, 0.25) is 0 Å². The number of hydrogen-bond acceptors (Lipinski definition) is 7. The molecule has 1 fully saturated rings. The number of unbranched alkanes of at least 4 members (excludes halogenated alkanes) is 1. The predicted octanol–water partition coefficient (Wildman–Crippen LogP) is 5.89. The fourth-order valence-electron chi connectivity index (χ4n) is 5.59. The van der Waals surface area contributed by atoms with Crippen LogP contribution >= 0.6 is 0 Å². The third-order valence-corrected chi connectivity index (χ3v) is 8.64. The molecule has 0 atom stereocenters. The van der Waals surface area contributed by atoms with E-state index in [2.05, 4.69) is 19.9 Å². The highest BCUT2D eigenvalue weighted by Crippen LogP contribution is 2.28. The number of carbonyl (C=O) groups excluding carboxylic acids is 2. The summed E-state index contributed by atoms with van der Waals surface area (Å²) < 4.78 is 58.6. The lowest BCUT2D eigenvalue weighted by Gasteiger charge is -2.38. The van der Waals surface area contributed by atoms with Crippen LogP contribution in [0.5, 0.6) is 11.6 Å². The van der Waals surface area contributed by atoms with Gasteiger partial charge in [0.25, 0.3) is 0 Å². The number of aryl methyl sites for hydroxylation is 1. The maximum Gasteiger partial charge on any atom is 0.322 e. The molecule has 0 saturated carbocycles. The largest absolute Gasteiger partial charge is 0.439 e. The van der Waals surface area contributed by atoms with Crippen LogP contribution in [0, 0.1) is 6.92 Å². The van der Waals surface area contributed by atoms with Crippen molar-refractivity contribution >= 4 is 33.3 Å². The Labute approximate surface area is 274 Å². The van der Waals surface area contributed by atoms with Gasteiger partial charge in [-0.1, -0.05) is 19.4 Å². The number of halogens is 2. The maximum atomic E-state index is 13.8. The molecule has 0 radical (unpaired) electrons. The zero-order valence-corrected chi connectivity index (χ0v) is 27.7. The summed E-state index contributed by atoms with van der Waals surface area (Å²) >= 11 is 0. The van der Waals surface area contributed by atoms with E-state index in [-0.39, 0.29) is 28.4 Å². The summed E-state index contributed by atoms with van der Waals surface area (Å²) in [5, 5.41) is 2.76. The molecular weight excluding hydrogens is 630 g/mol. The number of rotatable bonds is 14. The molecule has 0 bridgehead atoms. The van der Waals surface area contributed by atoms with Gasteiger partial charge in [-0.15, -0.1) is 0 Å². The number of nitrogens with zero attached hydrogens (tertiary/aromatic N) is 3. The van der Waals surface area contributed by atoms with Crippen molar-refractivity contribution in [2.45, 2.75) is 65.5 Å². The van der Waals surface area contributed by atoms with E-state index >= 15 is 0 Å². The molecule has 0 spiro atoms. The Kier molecular flexibility index (Phi) is 12.1. The number of likely N-dealkylation sites (tertiary alicyclic amines) is 1. The Morgan fingerprint density at radius 2 is 1.81 bits per heavy atom. The van der Waals surface area contributed by atoms with Gasteiger partial charge >= 0.3 is 6.03 Å². The minimum absolute atomic E-state index is 0.0121. The molecule has 14 heteroatoms. The van der Waals surface area contributed by atoms with Gasteiger partial charge < -0.3 is 20.7 Å². The molecule has 3 amide bonds. The molecule has 3 aromatic rings. The molecule has 47 heavy (non-hydrogen) atoms. The van der Waals surface area contributed by atoms with Crippen molar-refractivity contribution < 1.29 is 31.5 Å². The number of amides is 3. The number of hydrogen-bond donors (Lipinski definition) is 3. The smallest absolute Gasteiger partial charge is 0.322 e. The molecule has 11 nitrogen and oxygen atoms in total. The van der Waals surface area contributed by atoms with Crippen LogP contribution in [0.15, 0.2) is 48.7 Å². The van der Waals surface area contributed by atoms with E-state index in [0.717, 1.165) is 56.2 Å². The molecule has 1 aliphatic rings. The lowest BCUT2D eigenvalue weighted by molar-refractivity contribution is 0.0998. The number of sulfonamides is 1. The number of nitrogens with one attached hydrogen (secondary N) is 2. The summed E-state index contributed by atoms with van der Waals surface area (Å²) in [6, 6.07) is 10.8. The van der Waals surface area contributed by atoms with Gasteiger partial charge in [0.1, 0.15) is 19.1 Å². The van der Waals surface area contributed by atoms with Crippen LogP contribution < -0.4 is 20.5 Å². The quantitative estimate of drug-likeness (QED) is 0.194. The molecule has 1 saturated heterocycles. The second-order valence-corrected chi connectivity index (χ2v) is 13.5. The summed E-state index contributed by atoms with van der Waals surface area (Å²) in [6.45, 7) is 4.63. The van der Waals surface area contributed by atoms with Crippen LogP contribution in [-0.4, -0.2) is 67.1 Å². The number of carbonyl (C=O) groups is 2. The van der Waals surface area contributed by atoms with Gasteiger partial charge in [0.05, 0.1) is 6.26 Å². The van der Waals surface area contributed by atoms with Gasteiger partial charge in [-0.25, -0.2) is 27.0 Å². The summed E-state index contributed by atoms with van der Waals surface area (Å²) in [6.07, 6.45) is 5.99. The van der Waals surface area contributed by atoms with E-state index in [1.165, 1.54) is 12.1 Å². The molecular formula is C33H42F2N6O5S. The van der Waals surface area contributed by atoms with Crippen LogP contribution in [0.4, 0.5) is 25.0 Å². The van der Waals surface area contributed by atoms with E-state index in [9.17, 15) is 26.8 Å². The summed E-state index contributed by atoms with van der Waals surface area (Å²) in [5.41, 5.74) is 7.70. The van der Waals surface area contributed by atoms with Crippen LogP contribution in [0.25, 0.3) is 0 Å². The highest BCUT2D eigenvalue weighted by molar-refractivity contribution is 7.92. The average Bonchev–Trinajstić information content (AvgIpc) is 3.03. The SMILES string of the molecule is CCCCN(C(=O)Nc1cc(C(N)=O)c(CF)cc1CF)C1CCN(Cc2ccc(Oc3ccc(NS(C)(=O)=O)cc3C)nc2)CC1. The molecule has 4 rings (SSSR count). The summed E-state index contributed by atoms with van der Waals surface area (Å²) in [7, 11) is -3.38. The van der Waals surface area contributed by atoms with E-state index in [1.807, 2.05) is 19.9 Å². The predicted molar refractivity (Wildman–Crippen MR) is 177 cm³/mol. The van der Waals surface area contributed by atoms with Gasteiger partial charge in [-0.05, 0) is 73.2 Å². The molecule has 0 unspecified atom stereocenters. The van der Waals surface area contributed by atoms with Crippen molar-refractivity contribution in [3.63, 3.8) is 0 Å². The van der Waals surface area contributed by atoms with Crippen LogP contribution in [0.3, 0.4) is 0 Å². The van der Waals surface area contributed by atoms with Crippen molar-refractivity contribution in [3.05, 3.63) is 76.5 Å².